The molecule has 0 aromatic heterocycles. The Morgan fingerprint density at radius 1 is 1.05 bits per heavy atom. The fourth-order valence-electron chi connectivity index (χ4n) is 2.35. The van der Waals surface area contributed by atoms with Crippen LogP contribution in [-0.2, 0) is 10.7 Å². The Balaban J connectivity index is 3.35. The molecule has 1 aromatic carbocycles. The van der Waals surface area contributed by atoms with Crippen molar-refractivity contribution in [2.24, 2.45) is 0 Å². The van der Waals surface area contributed by atoms with E-state index in [2.05, 4.69) is 45.9 Å². The van der Waals surface area contributed by atoms with Crippen molar-refractivity contribution in [2.45, 2.75) is 58.5 Å². The average molecular weight is 321 g/mol. The fraction of sp³-hybridized carbons (Fsp3) is 0.600. The molecule has 0 amide bonds. The van der Waals surface area contributed by atoms with Crippen LogP contribution in [0.15, 0.2) is 18.2 Å². The molecule has 0 spiro atoms. The third-order valence-corrected chi connectivity index (χ3v) is 5.28. The standard InChI is InChI=1S/C15H23Cl2OP/c1-5-11(3)13-8-7-9-14(12(4)6-2)15(13)10-19(16,17)18/h7-9,11-12H,5-6,10H2,1-4H3. The van der Waals surface area contributed by atoms with Crippen LogP contribution in [0.3, 0.4) is 0 Å². The second-order valence-electron chi connectivity index (χ2n) is 5.26. The first kappa shape index (κ1) is 17.1. The summed E-state index contributed by atoms with van der Waals surface area (Å²) in [5, 5.41) is 0. The van der Waals surface area contributed by atoms with E-state index in [1.165, 1.54) is 11.1 Å². The lowest BCUT2D eigenvalue weighted by molar-refractivity contribution is 0.591. The molecule has 1 nitrogen and oxygen atoms in total. The summed E-state index contributed by atoms with van der Waals surface area (Å²) in [6.07, 6.45) is 2.37. The van der Waals surface area contributed by atoms with Crippen molar-refractivity contribution in [2.75, 3.05) is 0 Å². The second-order valence-corrected chi connectivity index (χ2v) is 10.5. The van der Waals surface area contributed by atoms with Crippen LogP contribution in [0.1, 0.15) is 69.1 Å². The van der Waals surface area contributed by atoms with Crippen LogP contribution in [0.25, 0.3) is 0 Å². The Labute approximate surface area is 126 Å². The zero-order valence-electron chi connectivity index (χ0n) is 12.1. The van der Waals surface area contributed by atoms with Gasteiger partial charge in [0.1, 0.15) is 0 Å². The predicted molar refractivity (Wildman–Crippen MR) is 86.9 cm³/mol. The van der Waals surface area contributed by atoms with Gasteiger partial charge in [0.15, 0.2) is 0 Å². The monoisotopic (exact) mass is 320 g/mol. The Morgan fingerprint density at radius 3 is 1.79 bits per heavy atom. The number of hydrogen-bond donors (Lipinski definition) is 0. The van der Waals surface area contributed by atoms with E-state index >= 15 is 0 Å². The van der Waals surface area contributed by atoms with E-state index < -0.39 is 5.85 Å². The molecule has 0 saturated carbocycles. The van der Waals surface area contributed by atoms with Gasteiger partial charge in [-0.3, -0.25) is 4.57 Å². The van der Waals surface area contributed by atoms with Gasteiger partial charge >= 0.3 is 0 Å². The summed E-state index contributed by atoms with van der Waals surface area (Å²) in [5.74, 6) is -2.24. The molecule has 0 aliphatic carbocycles. The molecule has 0 saturated heterocycles. The van der Waals surface area contributed by atoms with Crippen LogP contribution >= 0.6 is 28.3 Å². The van der Waals surface area contributed by atoms with Gasteiger partial charge in [-0.2, -0.15) is 0 Å². The minimum atomic E-state index is -3.10. The van der Waals surface area contributed by atoms with Crippen molar-refractivity contribution < 1.29 is 4.57 Å². The highest BCUT2D eigenvalue weighted by molar-refractivity contribution is 8.08. The summed E-state index contributed by atoms with van der Waals surface area (Å²) in [5.41, 5.74) is 3.57. The number of hydrogen-bond acceptors (Lipinski definition) is 1. The van der Waals surface area contributed by atoms with Crippen molar-refractivity contribution in [3.63, 3.8) is 0 Å². The third kappa shape index (κ3) is 4.81. The van der Waals surface area contributed by atoms with Gasteiger partial charge in [-0.25, -0.2) is 0 Å². The second kappa shape index (κ2) is 7.16. The van der Waals surface area contributed by atoms with Gasteiger partial charge in [0.2, 0.25) is 0 Å². The highest BCUT2D eigenvalue weighted by atomic mass is 35.9. The Morgan fingerprint density at radius 2 is 1.47 bits per heavy atom. The summed E-state index contributed by atoms with van der Waals surface area (Å²) in [6.45, 7) is 8.69. The van der Waals surface area contributed by atoms with Gasteiger partial charge in [0.05, 0.1) is 6.16 Å². The third-order valence-electron chi connectivity index (χ3n) is 3.88. The molecule has 108 valence electrons. The maximum absolute atomic E-state index is 11.8. The first-order valence-electron chi connectivity index (χ1n) is 6.90. The maximum Gasteiger partial charge on any atom is 0.257 e. The molecule has 1 aromatic rings. The SMILES string of the molecule is CCC(C)c1cccc(C(C)CC)c1CP(=O)(Cl)Cl. The molecule has 1 rings (SSSR count). The summed E-state index contributed by atoms with van der Waals surface area (Å²) < 4.78 is 11.8. The van der Waals surface area contributed by atoms with E-state index in [0.717, 1.165) is 18.4 Å². The van der Waals surface area contributed by atoms with Crippen LogP contribution in [0.4, 0.5) is 0 Å². The molecule has 19 heavy (non-hydrogen) atoms. The van der Waals surface area contributed by atoms with Crippen LogP contribution in [0.5, 0.6) is 0 Å². The van der Waals surface area contributed by atoms with Crippen molar-refractivity contribution in [3.05, 3.63) is 34.9 Å². The molecule has 0 fully saturated rings. The van der Waals surface area contributed by atoms with Gasteiger partial charge in [0.25, 0.3) is 5.85 Å². The zero-order chi connectivity index (χ0) is 14.6. The lowest BCUT2D eigenvalue weighted by atomic mass is 9.86. The van der Waals surface area contributed by atoms with Gasteiger partial charge in [0, 0.05) is 0 Å². The normalized spacial score (nSPS) is 15.3. The minimum Gasteiger partial charge on any atom is -0.289 e. The van der Waals surface area contributed by atoms with Crippen LogP contribution in [0, 0.1) is 0 Å². The first-order valence-corrected chi connectivity index (χ1v) is 10.6. The topological polar surface area (TPSA) is 17.1 Å². The van der Waals surface area contributed by atoms with E-state index in [1.807, 2.05) is 0 Å². The van der Waals surface area contributed by atoms with Gasteiger partial charge in [-0.15, -0.1) is 0 Å². The fourth-order valence-corrected chi connectivity index (χ4v) is 3.80. The van der Waals surface area contributed by atoms with E-state index in [0.29, 0.717) is 11.8 Å². The molecule has 2 unspecified atom stereocenters. The van der Waals surface area contributed by atoms with Crippen molar-refractivity contribution in [1.29, 1.82) is 0 Å². The minimum absolute atomic E-state index is 0.274. The van der Waals surface area contributed by atoms with Gasteiger partial charge in [-0.05, 0) is 63.8 Å². The Bertz CT molecular complexity index is 439. The lowest BCUT2D eigenvalue weighted by Crippen LogP contribution is -2.05. The van der Waals surface area contributed by atoms with E-state index in [4.69, 9.17) is 22.5 Å². The summed E-state index contributed by atoms with van der Waals surface area (Å²) in [6, 6.07) is 6.30. The molecule has 0 N–H and O–H groups in total. The lowest BCUT2D eigenvalue weighted by Gasteiger charge is -2.22. The predicted octanol–water partition coefficient (Wildman–Crippen LogP) is 6.88. The number of rotatable bonds is 6. The van der Waals surface area contributed by atoms with Crippen molar-refractivity contribution >= 4 is 28.3 Å². The smallest absolute Gasteiger partial charge is 0.257 e. The molecule has 2 atom stereocenters. The first-order chi connectivity index (χ1) is 8.80. The number of halogens is 2. The maximum atomic E-state index is 11.8. The highest BCUT2D eigenvalue weighted by Crippen LogP contribution is 2.60. The van der Waals surface area contributed by atoms with Crippen LogP contribution in [0.2, 0.25) is 0 Å². The number of benzene rings is 1. The van der Waals surface area contributed by atoms with Crippen molar-refractivity contribution in [3.8, 4) is 0 Å². The average Bonchev–Trinajstić information content (AvgIpc) is 2.35. The molecule has 0 aliphatic heterocycles. The molecule has 0 heterocycles. The van der Waals surface area contributed by atoms with Crippen LogP contribution < -0.4 is 0 Å². The van der Waals surface area contributed by atoms with E-state index in [1.54, 1.807) is 0 Å². The summed E-state index contributed by atoms with van der Waals surface area (Å²) in [4.78, 5) is 0. The van der Waals surface area contributed by atoms with E-state index in [-0.39, 0.29) is 6.16 Å². The summed E-state index contributed by atoms with van der Waals surface area (Å²) in [7, 11) is 0. The van der Waals surface area contributed by atoms with Gasteiger partial charge < -0.3 is 0 Å². The quantitative estimate of drug-likeness (QED) is 0.522. The molecule has 0 aliphatic rings. The molecule has 4 heteroatoms. The van der Waals surface area contributed by atoms with Gasteiger partial charge in [-0.1, -0.05) is 45.9 Å². The molecular formula is C15H23Cl2OP. The Hall–Kier alpha value is 0.0300. The molecule has 0 bridgehead atoms. The van der Waals surface area contributed by atoms with Crippen molar-refractivity contribution in [1.82, 2.24) is 0 Å². The highest BCUT2D eigenvalue weighted by Gasteiger charge is 2.23. The van der Waals surface area contributed by atoms with Crippen LogP contribution in [-0.4, -0.2) is 0 Å². The zero-order valence-corrected chi connectivity index (χ0v) is 14.5. The Kier molecular flexibility index (Phi) is 6.43. The summed E-state index contributed by atoms with van der Waals surface area (Å²) >= 11 is 11.7. The molecule has 0 radical (unpaired) electrons. The molecular weight excluding hydrogens is 298 g/mol. The largest absolute Gasteiger partial charge is 0.289 e. The van der Waals surface area contributed by atoms with E-state index in [9.17, 15) is 4.57 Å².